The molecule has 0 unspecified atom stereocenters. The van der Waals surface area contributed by atoms with Gasteiger partial charge in [0.1, 0.15) is 5.75 Å². The zero-order valence-electron chi connectivity index (χ0n) is 6.70. The van der Waals surface area contributed by atoms with Gasteiger partial charge in [-0.05, 0) is 11.6 Å². The molecule has 1 rings (SSSR count). The third kappa shape index (κ3) is 2.27. The van der Waals surface area contributed by atoms with Gasteiger partial charge in [-0.1, -0.05) is 12.1 Å². The molecule has 0 aliphatic heterocycles. The number of carboxylic acids is 1. The predicted molar refractivity (Wildman–Crippen MR) is 43.2 cm³/mol. The summed E-state index contributed by atoms with van der Waals surface area (Å²) in [6, 6.07) is 7.83. The Kier molecular flexibility index (Phi) is 2.69. The van der Waals surface area contributed by atoms with E-state index in [1.165, 1.54) is 7.11 Å². The van der Waals surface area contributed by atoms with Gasteiger partial charge in [0.05, 0.1) is 13.5 Å². The number of hydrogen-bond donors (Lipinski definition) is 1. The zero-order valence-corrected chi connectivity index (χ0v) is 6.70. The third-order valence-electron chi connectivity index (χ3n) is 1.41. The van der Waals surface area contributed by atoms with E-state index in [1.807, 2.05) is 0 Å². The van der Waals surface area contributed by atoms with Crippen LogP contribution in [-0.2, 0) is 11.2 Å². The van der Waals surface area contributed by atoms with Gasteiger partial charge in [-0.15, -0.1) is 0 Å². The van der Waals surface area contributed by atoms with E-state index in [1.54, 1.807) is 18.2 Å². The molecule has 63 valence electrons. The third-order valence-corrected chi connectivity index (χ3v) is 1.41. The first kappa shape index (κ1) is 8.59. The topological polar surface area (TPSA) is 46.5 Å². The number of carboxylic acid groups (broad SMARTS) is 1. The molecular weight excluding hydrogens is 156 g/mol. The Hall–Kier alpha value is -1.51. The van der Waals surface area contributed by atoms with Gasteiger partial charge in [-0.2, -0.15) is 0 Å². The molecule has 0 saturated heterocycles. The second-order valence-electron chi connectivity index (χ2n) is 2.34. The van der Waals surface area contributed by atoms with Crippen LogP contribution < -0.4 is 4.74 Å². The number of methoxy groups -OCH3 is 1. The lowest BCUT2D eigenvalue weighted by atomic mass is 10.1. The molecule has 3 nitrogen and oxygen atoms in total. The fourth-order valence-corrected chi connectivity index (χ4v) is 0.891. The van der Waals surface area contributed by atoms with Crippen LogP contribution in [0.2, 0.25) is 0 Å². The van der Waals surface area contributed by atoms with Crippen molar-refractivity contribution in [2.75, 3.05) is 7.11 Å². The maximum Gasteiger partial charge on any atom is 0.307 e. The van der Waals surface area contributed by atoms with Crippen molar-refractivity contribution in [1.29, 1.82) is 0 Å². The fraction of sp³-hybridized carbons (Fsp3) is 0.222. The quantitative estimate of drug-likeness (QED) is 0.730. The molecule has 0 aliphatic carbocycles. The molecule has 12 heavy (non-hydrogen) atoms. The van der Waals surface area contributed by atoms with Crippen molar-refractivity contribution in [1.82, 2.24) is 0 Å². The Morgan fingerprint density at radius 1 is 1.75 bits per heavy atom. The van der Waals surface area contributed by atoms with Gasteiger partial charge in [-0.25, -0.2) is 0 Å². The highest BCUT2D eigenvalue weighted by Crippen LogP contribution is 2.11. The van der Waals surface area contributed by atoms with Crippen molar-refractivity contribution in [2.45, 2.75) is 6.42 Å². The number of rotatable bonds is 3. The average Bonchev–Trinajstić information content (AvgIpc) is 2.03. The van der Waals surface area contributed by atoms with Crippen molar-refractivity contribution < 1.29 is 14.6 Å². The summed E-state index contributed by atoms with van der Waals surface area (Å²) in [6.45, 7) is 0. The number of hydrogen-bond acceptors (Lipinski definition) is 2. The fourth-order valence-electron chi connectivity index (χ4n) is 0.891. The van der Waals surface area contributed by atoms with E-state index in [9.17, 15) is 4.79 Å². The molecule has 1 radical (unpaired) electrons. The molecule has 0 aromatic heterocycles. The van der Waals surface area contributed by atoms with Crippen molar-refractivity contribution >= 4 is 5.97 Å². The molecule has 0 atom stereocenters. The van der Waals surface area contributed by atoms with Crippen LogP contribution in [0.25, 0.3) is 0 Å². The van der Waals surface area contributed by atoms with Gasteiger partial charge in [0.15, 0.2) is 0 Å². The van der Waals surface area contributed by atoms with E-state index in [2.05, 4.69) is 6.07 Å². The van der Waals surface area contributed by atoms with Crippen molar-refractivity contribution in [3.05, 3.63) is 29.8 Å². The van der Waals surface area contributed by atoms with Crippen molar-refractivity contribution in [2.24, 2.45) is 0 Å². The minimum absolute atomic E-state index is 0.0189. The summed E-state index contributed by atoms with van der Waals surface area (Å²) < 4.78 is 4.89. The van der Waals surface area contributed by atoms with E-state index in [0.29, 0.717) is 5.75 Å². The van der Waals surface area contributed by atoms with Gasteiger partial charge < -0.3 is 9.84 Å². The Labute approximate surface area is 70.6 Å². The molecule has 0 saturated carbocycles. The maximum atomic E-state index is 10.3. The van der Waals surface area contributed by atoms with Crippen LogP contribution in [0.1, 0.15) is 5.56 Å². The van der Waals surface area contributed by atoms with Crippen LogP contribution >= 0.6 is 0 Å². The summed E-state index contributed by atoms with van der Waals surface area (Å²) in [5.41, 5.74) is 0.720. The zero-order chi connectivity index (χ0) is 8.97. The second-order valence-corrected chi connectivity index (χ2v) is 2.34. The lowest BCUT2D eigenvalue weighted by Gasteiger charge is -2.00. The number of benzene rings is 1. The van der Waals surface area contributed by atoms with Crippen molar-refractivity contribution in [3.8, 4) is 5.75 Å². The largest absolute Gasteiger partial charge is 0.496 e. The Bertz CT molecular complexity index is 281. The monoisotopic (exact) mass is 165 g/mol. The number of aliphatic carboxylic acids is 1. The molecule has 0 amide bonds. The first-order valence-electron chi connectivity index (χ1n) is 3.49. The van der Waals surface area contributed by atoms with E-state index >= 15 is 0 Å². The highest BCUT2D eigenvalue weighted by atomic mass is 16.5. The first-order valence-corrected chi connectivity index (χ1v) is 3.49. The molecule has 0 spiro atoms. The molecule has 0 bridgehead atoms. The Balaban J connectivity index is 2.79. The highest BCUT2D eigenvalue weighted by Gasteiger charge is 2.00. The molecule has 3 heteroatoms. The molecule has 0 heterocycles. The van der Waals surface area contributed by atoms with Gasteiger partial charge in [0.2, 0.25) is 0 Å². The summed E-state index contributed by atoms with van der Waals surface area (Å²) >= 11 is 0. The first-order chi connectivity index (χ1) is 5.72. The molecule has 0 aliphatic rings. The SMILES string of the molecule is COc1[c]ccc(CC(=O)O)c1. The van der Waals surface area contributed by atoms with Crippen LogP contribution in [0.15, 0.2) is 18.2 Å². The molecule has 1 aromatic rings. The molecule has 1 aromatic carbocycles. The standard InChI is InChI=1S/C9H9O3/c1-12-8-4-2-3-7(5-8)6-9(10)11/h2-3,5H,6H2,1H3,(H,10,11). The Morgan fingerprint density at radius 3 is 3.08 bits per heavy atom. The smallest absolute Gasteiger partial charge is 0.307 e. The van der Waals surface area contributed by atoms with Gasteiger partial charge in [-0.3, -0.25) is 4.79 Å². The summed E-state index contributed by atoms with van der Waals surface area (Å²) in [6.07, 6.45) is 0.0189. The van der Waals surface area contributed by atoms with E-state index in [-0.39, 0.29) is 6.42 Å². The summed E-state index contributed by atoms with van der Waals surface area (Å²) in [7, 11) is 1.52. The molecule has 0 fully saturated rings. The van der Waals surface area contributed by atoms with Crippen molar-refractivity contribution in [3.63, 3.8) is 0 Å². The molecule has 1 N–H and O–H groups in total. The van der Waals surface area contributed by atoms with E-state index in [0.717, 1.165) is 5.56 Å². The minimum atomic E-state index is -0.844. The lowest BCUT2D eigenvalue weighted by Crippen LogP contribution is -1.99. The highest BCUT2D eigenvalue weighted by molar-refractivity contribution is 5.70. The second kappa shape index (κ2) is 3.76. The summed E-state index contributed by atoms with van der Waals surface area (Å²) in [5.74, 6) is -0.281. The van der Waals surface area contributed by atoms with Gasteiger partial charge in [0, 0.05) is 6.07 Å². The average molecular weight is 165 g/mol. The Morgan fingerprint density at radius 2 is 2.50 bits per heavy atom. The van der Waals surface area contributed by atoms with Gasteiger partial charge >= 0.3 is 5.97 Å². The minimum Gasteiger partial charge on any atom is -0.496 e. The lowest BCUT2D eigenvalue weighted by molar-refractivity contribution is -0.136. The molecular formula is C9H9O3. The van der Waals surface area contributed by atoms with Crippen LogP contribution in [0, 0.1) is 6.07 Å². The van der Waals surface area contributed by atoms with Crippen LogP contribution in [0.3, 0.4) is 0 Å². The van der Waals surface area contributed by atoms with Gasteiger partial charge in [0.25, 0.3) is 0 Å². The van der Waals surface area contributed by atoms with Crippen LogP contribution in [-0.4, -0.2) is 18.2 Å². The normalized spacial score (nSPS) is 9.42. The van der Waals surface area contributed by atoms with Crippen LogP contribution in [0.4, 0.5) is 0 Å². The maximum absolute atomic E-state index is 10.3. The number of ether oxygens (including phenoxy) is 1. The van der Waals surface area contributed by atoms with E-state index in [4.69, 9.17) is 9.84 Å². The summed E-state index contributed by atoms with van der Waals surface area (Å²) in [5, 5.41) is 8.48. The van der Waals surface area contributed by atoms with E-state index < -0.39 is 5.97 Å². The summed E-state index contributed by atoms with van der Waals surface area (Å²) in [4.78, 5) is 10.3. The van der Waals surface area contributed by atoms with Crippen LogP contribution in [0.5, 0.6) is 5.75 Å². The number of carbonyl (C=O) groups is 1. The predicted octanol–water partition coefficient (Wildman–Crippen LogP) is 1.12.